The molecule has 2 aromatic carbocycles. The molecule has 0 aliphatic rings. The van der Waals surface area contributed by atoms with Crippen LogP contribution in [0.15, 0.2) is 59.9 Å². The molecule has 0 amide bonds. The molecule has 10 heteroatoms. The predicted octanol–water partition coefficient (Wildman–Crippen LogP) is 3.77. The van der Waals surface area contributed by atoms with Gasteiger partial charge in [-0.3, -0.25) is 5.10 Å². The Morgan fingerprint density at radius 3 is 2.83 bits per heavy atom. The summed E-state index contributed by atoms with van der Waals surface area (Å²) in [4.78, 5) is 9.05. The molecular weight excluding hydrogens is 392 g/mol. The van der Waals surface area contributed by atoms with E-state index in [1.165, 1.54) is 6.33 Å². The minimum absolute atomic E-state index is 0.233. The van der Waals surface area contributed by atoms with Crippen LogP contribution in [0.1, 0.15) is 5.56 Å². The Morgan fingerprint density at radius 1 is 1.17 bits per heavy atom. The van der Waals surface area contributed by atoms with Gasteiger partial charge in [-0.25, -0.2) is 9.97 Å². The molecule has 0 saturated heterocycles. The van der Waals surface area contributed by atoms with E-state index < -0.39 is 10.6 Å². The molecule has 148 valence electrons. The summed E-state index contributed by atoms with van der Waals surface area (Å²) in [6.45, 7) is 0.233. The highest BCUT2D eigenvalue weighted by molar-refractivity contribution is 7.73. The zero-order valence-corrected chi connectivity index (χ0v) is 16.2. The second-order valence-corrected chi connectivity index (χ2v) is 7.05. The monoisotopic (exact) mass is 409 g/mol. The number of ether oxygens (including phenoxy) is 2. The van der Waals surface area contributed by atoms with Crippen molar-refractivity contribution in [2.45, 2.75) is 11.5 Å². The van der Waals surface area contributed by atoms with Gasteiger partial charge < -0.3 is 23.8 Å². The first-order valence-electron chi connectivity index (χ1n) is 8.58. The summed E-state index contributed by atoms with van der Waals surface area (Å²) in [5, 5.41) is 10.7. The number of anilines is 2. The van der Waals surface area contributed by atoms with Gasteiger partial charge in [0.1, 0.15) is 24.6 Å². The number of aromatic nitrogens is 4. The molecule has 0 aliphatic heterocycles. The lowest BCUT2D eigenvalue weighted by molar-refractivity contribution is 0.285. The lowest BCUT2D eigenvalue weighted by Gasteiger charge is -2.14. The molecule has 0 bridgehead atoms. The molecule has 0 radical (unpaired) electrons. The van der Waals surface area contributed by atoms with E-state index in [0.717, 1.165) is 10.9 Å². The van der Waals surface area contributed by atoms with Crippen LogP contribution < -0.4 is 14.8 Å². The minimum Gasteiger partial charge on any atom is -0.493 e. The van der Waals surface area contributed by atoms with Crippen LogP contribution >= 0.6 is 0 Å². The van der Waals surface area contributed by atoms with E-state index in [1.807, 2.05) is 6.07 Å². The molecule has 3 N–H and O–H groups in total. The number of benzene rings is 2. The van der Waals surface area contributed by atoms with Crippen molar-refractivity contribution < 1.29 is 13.7 Å². The van der Waals surface area contributed by atoms with Crippen LogP contribution in [-0.4, -0.2) is 27.3 Å². The number of H-pyrrole nitrogens is 1. The molecule has 9 nitrogen and oxygen atoms in total. The average Bonchev–Trinajstić information content (AvgIpc) is 3.25. The normalized spacial score (nSPS) is 11.0. The third-order valence-corrected chi connectivity index (χ3v) is 4.86. The molecule has 0 spiro atoms. The Hall–Kier alpha value is -3.66. The number of rotatable bonds is 7. The van der Waals surface area contributed by atoms with Gasteiger partial charge in [-0.05, 0) is 11.6 Å². The van der Waals surface area contributed by atoms with Crippen molar-refractivity contribution in [3.05, 3.63) is 60.6 Å². The van der Waals surface area contributed by atoms with Crippen LogP contribution in [0.5, 0.6) is 11.5 Å². The molecule has 0 saturated carbocycles. The highest BCUT2D eigenvalue weighted by Crippen LogP contribution is 2.35. The molecular formula is C19H17N6O3S-. The van der Waals surface area contributed by atoms with Crippen molar-refractivity contribution in [2.24, 2.45) is 0 Å². The fourth-order valence-electron chi connectivity index (χ4n) is 2.80. The van der Waals surface area contributed by atoms with E-state index in [0.29, 0.717) is 33.5 Å². The van der Waals surface area contributed by atoms with Crippen molar-refractivity contribution in [3.8, 4) is 11.5 Å². The van der Waals surface area contributed by atoms with Crippen LogP contribution in [0.4, 0.5) is 11.6 Å². The van der Waals surface area contributed by atoms with E-state index >= 15 is 0 Å². The molecule has 0 atom stereocenters. The van der Waals surface area contributed by atoms with Gasteiger partial charge in [0.25, 0.3) is 0 Å². The maximum Gasteiger partial charge on any atom is 0.163 e. The van der Waals surface area contributed by atoms with Gasteiger partial charge in [-0.15, -0.1) is 0 Å². The fraction of sp³-hybridized carbons (Fsp3) is 0.105. The van der Waals surface area contributed by atoms with Crippen LogP contribution in [-0.2, 0) is 21.4 Å². The van der Waals surface area contributed by atoms with Gasteiger partial charge in [0.15, 0.2) is 11.5 Å². The predicted molar refractivity (Wildman–Crippen MR) is 108 cm³/mol. The fourth-order valence-corrected chi connectivity index (χ4v) is 3.26. The van der Waals surface area contributed by atoms with Crippen LogP contribution in [0.3, 0.4) is 0 Å². The van der Waals surface area contributed by atoms with Gasteiger partial charge in [-0.2, -0.15) is 15.7 Å². The summed E-state index contributed by atoms with van der Waals surface area (Å²) in [6.07, 6.45) is 3.11. The Morgan fingerprint density at radius 2 is 2.07 bits per heavy atom. The molecule has 2 heterocycles. The number of methoxy groups -OCH3 is 1. The SMILES string of the molecule is COc1cc2c(Nc3ccn[nH]3)ncnc2cc1OCc1cccc([S-](=N)=O)c1. The highest BCUT2D eigenvalue weighted by atomic mass is 32.2. The molecule has 29 heavy (non-hydrogen) atoms. The van der Waals surface area contributed by atoms with Crippen LogP contribution in [0.2, 0.25) is 0 Å². The van der Waals surface area contributed by atoms with Crippen LogP contribution in [0.25, 0.3) is 10.9 Å². The largest absolute Gasteiger partial charge is 0.493 e. The molecule has 0 fully saturated rings. The standard InChI is InChI=1S/C19H17N6O3S/c1-27-16-8-14-15(21-11-22-19(14)24-18-5-6-23-25-18)9-17(16)28-10-12-3-2-4-13(7-12)29(20)26/h2-9,11,20H,10H2,1H3,(H2,21,22,23,24,25)/q-1. The van der Waals surface area contributed by atoms with Crippen LogP contribution in [0, 0.1) is 4.78 Å². The van der Waals surface area contributed by atoms with Crippen molar-refractivity contribution in [1.82, 2.24) is 20.2 Å². The van der Waals surface area contributed by atoms with E-state index in [9.17, 15) is 4.21 Å². The second kappa shape index (κ2) is 8.15. The van der Waals surface area contributed by atoms with E-state index in [2.05, 4.69) is 25.5 Å². The molecule has 0 unspecified atom stereocenters. The summed E-state index contributed by atoms with van der Waals surface area (Å²) in [7, 11) is -0.230. The second-order valence-electron chi connectivity index (χ2n) is 6.04. The maximum atomic E-state index is 11.4. The summed E-state index contributed by atoms with van der Waals surface area (Å²) in [6, 6.07) is 12.3. The molecule has 0 aliphatic carbocycles. The number of hydrogen-bond acceptors (Lipinski definition) is 9. The van der Waals surface area contributed by atoms with Crippen molar-refractivity contribution in [2.75, 3.05) is 12.4 Å². The number of nitrogens with one attached hydrogen (secondary N) is 3. The highest BCUT2D eigenvalue weighted by Gasteiger charge is 2.12. The summed E-state index contributed by atoms with van der Waals surface area (Å²) in [5.74, 6) is 2.36. The summed E-state index contributed by atoms with van der Waals surface area (Å²) >= 11 is 0. The first kappa shape index (κ1) is 18.7. The molecule has 4 aromatic rings. The minimum atomic E-state index is -1.79. The Labute approximate surface area is 168 Å². The third-order valence-electron chi connectivity index (χ3n) is 4.18. The number of fused-ring (bicyclic) bond motifs is 1. The third kappa shape index (κ3) is 4.11. The topological polar surface area (TPSA) is 126 Å². The lowest BCUT2D eigenvalue weighted by Crippen LogP contribution is -2.00. The van der Waals surface area contributed by atoms with E-state index in [1.54, 1.807) is 49.7 Å². The number of aromatic amines is 1. The Balaban J connectivity index is 1.64. The van der Waals surface area contributed by atoms with Gasteiger partial charge in [0.05, 0.1) is 18.8 Å². The molecule has 4 rings (SSSR count). The number of nitrogens with zero attached hydrogens (tertiary/aromatic N) is 3. The zero-order valence-electron chi connectivity index (χ0n) is 15.4. The first-order chi connectivity index (χ1) is 14.1. The molecule has 2 aromatic heterocycles. The number of hydrogen-bond donors (Lipinski definition) is 3. The summed E-state index contributed by atoms with van der Waals surface area (Å²) < 4.78 is 30.1. The lowest BCUT2D eigenvalue weighted by atomic mass is 10.2. The van der Waals surface area contributed by atoms with Gasteiger partial charge >= 0.3 is 0 Å². The maximum absolute atomic E-state index is 11.4. The van der Waals surface area contributed by atoms with E-state index in [4.69, 9.17) is 14.3 Å². The van der Waals surface area contributed by atoms with Gasteiger partial charge in [0, 0.05) is 17.5 Å². The summed E-state index contributed by atoms with van der Waals surface area (Å²) in [5.41, 5.74) is 1.48. The van der Waals surface area contributed by atoms with Crippen molar-refractivity contribution in [3.63, 3.8) is 0 Å². The first-order valence-corrected chi connectivity index (χ1v) is 9.73. The smallest absolute Gasteiger partial charge is 0.163 e. The Bertz CT molecular complexity index is 1220. The average molecular weight is 409 g/mol. The van der Waals surface area contributed by atoms with Gasteiger partial charge in [-0.1, -0.05) is 29.2 Å². The zero-order chi connectivity index (χ0) is 20.2. The Kier molecular flexibility index (Phi) is 5.25. The van der Waals surface area contributed by atoms with Crippen molar-refractivity contribution in [1.29, 1.82) is 4.78 Å². The van der Waals surface area contributed by atoms with Gasteiger partial charge in [0.2, 0.25) is 0 Å². The van der Waals surface area contributed by atoms with Crippen molar-refractivity contribution >= 4 is 33.1 Å². The quantitative estimate of drug-likeness (QED) is 0.397. The van der Waals surface area contributed by atoms with E-state index in [-0.39, 0.29) is 6.61 Å².